The molecule has 0 heterocycles. The molecule has 0 spiro atoms. The van der Waals surface area contributed by atoms with Gasteiger partial charge in [-0.3, -0.25) is 10.1 Å². The summed E-state index contributed by atoms with van der Waals surface area (Å²) in [6.45, 7) is 5.37. The van der Waals surface area contributed by atoms with Crippen LogP contribution in [0.15, 0.2) is 29.3 Å². The zero-order chi connectivity index (χ0) is 13.0. The predicted octanol–water partition coefficient (Wildman–Crippen LogP) is 2.94. The van der Waals surface area contributed by atoms with Crippen molar-refractivity contribution in [2.75, 3.05) is 6.61 Å². The van der Waals surface area contributed by atoms with E-state index in [2.05, 4.69) is 22.5 Å². The molecule has 1 aromatic rings. The number of benzene rings is 1. The van der Waals surface area contributed by atoms with Crippen molar-refractivity contribution in [3.8, 4) is 5.75 Å². The molecule has 0 fully saturated rings. The van der Waals surface area contributed by atoms with Gasteiger partial charge >= 0.3 is 0 Å². The second-order valence-electron chi connectivity index (χ2n) is 3.46. The van der Waals surface area contributed by atoms with Gasteiger partial charge in [-0.1, -0.05) is 22.5 Å². The smallest absolute Gasteiger partial charge is 0.270 e. The summed E-state index contributed by atoms with van der Waals surface area (Å²) in [6.07, 6.45) is -0.839. The highest BCUT2D eigenvalue weighted by atomic mass is 79.9. The first-order valence-electron chi connectivity index (χ1n) is 4.84. The topological polar surface area (TPSA) is 72.6 Å². The Bertz CT molecular complexity index is 445. The maximum absolute atomic E-state index is 10.6. The van der Waals surface area contributed by atoms with Gasteiger partial charge in [0.15, 0.2) is 0 Å². The number of aliphatic hydroxyl groups is 1. The Balaban J connectivity index is 3.04. The van der Waals surface area contributed by atoms with Gasteiger partial charge in [0.1, 0.15) is 12.4 Å². The molecule has 1 rings (SSSR count). The monoisotopic (exact) mass is 301 g/mol. The number of non-ortho nitro benzene ring substituents is 1. The number of halogens is 1. The zero-order valence-corrected chi connectivity index (χ0v) is 10.8. The van der Waals surface area contributed by atoms with Gasteiger partial charge in [-0.15, -0.1) is 0 Å². The molecule has 0 amide bonds. The third kappa shape index (κ3) is 3.83. The van der Waals surface area contributed by atoms with E-state index in [1.165, 1.54) is 25.1 Å². The van der Waals surface area contributed by atoms with Gasteiger partial charge in [-0.25, -0.2) is 0 Å². The fourth-order valence-corrected chi connectivity index (χ4v) is 1.38. The first-order chi connectivity index (χ1) is 7.91. The number of nitrogens with zero attached hydrogens (tertiary/aromatic N) is 1. The number of hydrogen-bond acceptors (Lipinski definition) is 4. The number of nitro groups is 1. The molecule has 0 aliphatic carbocycles. The molecular formula is C11H12BrNO4. The standard InChI is InChI=1S/C11H12BrNO4/c1-7(12)6-17-11-4-3-9(13(15)16)5-10(11)8(2)14/h3-5,8,14H,1,6H2,2H3/t8-/m0/s1. The number of hydrogen-bond donors (Lipinski definition) is 1. The Morgan fingerprint density at radius 1 is 1.71 bits per heavy atom. The van der Waals surface area contributed by atoms with Crippen molar-refractivity contribution >= 4 is 21.6 Å². The third-order valence-electron chi connectivity index (χ3n) is 2.04. The Hall–Kier alpha value is -1.40. The van der Waals surface area contributed by atoms with Gasteiger partial charge in [-0.05, 0) is 13.0 Å². The second-order valence-corrected chi connectivity index (χ2v) is 4.58. The minimum Gasteiger partial charge on any atom is -0.488 e. The summed E-state index contributed by atoms with van der Waals surface area (Å²) in [5.74, 6) is 0.409. The van der Waals surface area contributed by atoms with Gasteiger partial charge in [-0.2, -0.15) is 0 Å². The fraction of sp³-hybridized carbons (Fsp3) is 0.273. The van der Waals surface area contributed by atoms with Crippen molar-refractivity contribution in [1.29, 1.82) is 0 Å². The Morgan fingerprint density at radius 2 is 2.35 bits per heavy atom. The zero-order valence-electron chi connectivity index (χ0n) is 9.22. The van der Waals surface area contributed by atoms with Crippen LogP contribution in [-0.2, 0) is 0 Å². The van der Waals surface area contributed by atoms with E-state index in [-0.39, 0.29) is 12.3 Å². The third-order valence-corrected chi connectivity index (χ3v) is 2.27. The maximum atomic E-state index is 10.6. The summed E-state index contributed by atoms with van der Waals surface area (Å²) in [4.78, 5) is 10.1. The van der Waals surface area contributed by atoms with Crippen LogP contribution in [0.5, 0.6) is 5.75 Å². The van der Waals surface area contributed by atoms with Crippen LogP contribution in [0.3, 0.4) is 0 Å². The summed E-state index contributed by atoms with van der Waals surface area (Å²) in [6, 6.07) is 4.10. The highest BCUT2D eigenvalue weighted by molar-refractivity contribution is 9.11. The second kappa shape index (κ2) is 5.79. The molecule has 0 aliphatic heterocycles. The van der Waals surface area contributed by atoms with Crippen molar-refractivity contribution in [3.05, 3.63) is 44.9 Å². The molecule has 17 heavy (non-hydrogen) atoms. The van der Waals surface area contributed by atoms with Crippen molar-refractivity contribution in [2.45, 2.75) is 13.0 Å². The van der Waals surface area contributed by atoms with Gasteiger partial charge in [0.25, 0.3) is 5.69 Å². The van der Waals surface area contributed by atoms with Gasteiger partial charge in [0, 0.05) is 22.2 Å². The SMILES string of the molecule is C=C(Br)COc1ccc([N+](=O)[O-])cc1[C@H](C)O. The van der Waals surface area contributed by atoms with Crippen LogP contribution in [0.1, 0.15) is 18.6 Å². The van der Waals surface area contributed by atoms with E-state index in [4.69, 9.17) is 4.74 Å². The number of ether oxygens (including phenoxy) is 1. The molecule has 0 aromatic heterocycles. The molecule has 1 aromatic carbocycles. The lowest BCUT2D eigenvalue weighted by Gasteiger charge is -2.12. The van der Waals surface area contributed by atoms with Crippen molar-refractivity contribution in [2.24, 2.45) is 0 Å². The lowest BCUT2D eigenvalue weighted by molar-refractivity contribution is -0.385. The van der Waals surface area contributed by atoms with Gasteiger partial charge in [0.2, 0.25) is 0 Å². The van der Waals surface area contributed by atoms with Crippen LogP contribution in [0.25, 0.3) is 0 Å². The van der Waals surface area contributed by atoms with Crippen LogP contribution in [-0.4, -0.2) is 16.6 Å². The van der Waals surface area contributed by atoms with Crippen LogP contribution < -0.4 is 4.74 Å². The summed E-state index contributed by atoms with van der Waals surface area (Å²) in [5, 5.41) is 20.2. The molecule has 1 N–H and O–H groups in total. The Morgan fingerprint density at radius 3 is 2.82 bits per heavy atom. The first kappa shape index (κ1) is 13.7. The van der Waals surface area contributed by atoms with Crippen molar-refractivity contribution in [1.82, 2.24) is 0 Å². The summed E-state index contributed by atoms with van der Waals surface area (Å²) < 4.78 is 6.01. The highest BCUT2D eigenvalue weighted by Crippen LogP contribution is 2.29. The summed E-state index contributed by atoms with van der Waals surface area (Å²) in [5.41, 5.74) is 0.305. The van der Waals surface area contributed by atoms with Crippen LogP contribution >= 0.6 is 15.9 Å². The average Bonchev–Trinajstić information content (AvgIpc) is 2.25. The lowest BCUT2D eigenvalue weighted by Crippen LogP contribution is -2.03. The van der Waals surface area contributed by atoms with Crippen LogP contribution in [0.4, 0.5) is 5.69 Å². The molecular weight excluding hydrogens is 290 g/mol. The Labute approximate surface area is 107 Å². The molecule has 6 heteroatoms. The van der Waals surface area contributed by atoms with Crippen LogP contribution in [0.2, 0.25) is 0 Å². The molecule has 0 saturated carbocycles. The average molecular weight is 302 g/mol. The minimum absolute atomic E-state index is 0.0779. The molecule has 0 saturated heterocycles. The molecule has 0 radical (unpaired) electrons. The molecule has 0 aliphatic rings. The molecule has 0 bridgehead atoms. The lowest BCUT2D eigenvalue weighted by atomic mass is 10.1. The molecule has 5 nitrogen and oxygen atoms in total. The van der Waals surface area contributed by atoms with E-state index in [0.29, 0.717) is 15.8 Å². The molecule has 1 atom stereocenters. The molecule has 92 valence electrons. The first-order valence-corrected chi connectivity index (χ1v) is 5.63. The maximum Gasteiger partial charge on any atom is 0.270 e. The van der Waals surface area contributed by atoms with E-state index < -0.39 is 11.0 Å². The number of rotatable bonds is 5. The van der Waals surface area contributed by atoms with E-state index in [0.717, 1.165) is 0 Å². The number of aliphatic hydroxyl groups excluding tert-OH is 1. The van der Waals surface area contributed by atoms with Crippen molar-refractivity contribution in [3.63, 3.8) is 0 Å². The van der Waals surface area contributed by atoms with Crippen molar-refractivity contribution < 1.29 is 14.8 Å². The quantitative estimate of drug-likeness (QED) is 0.670. The highest BCUT2D eigenvalue weighted by Gasteiger charge is 2.15. The van der Waals surface area contributed by atoms with E-state index in [1.807, 2.05) is 0 Å². The van der Waals surface area contributed by atoms with Gasteiger partial charge in [0.05, 0.1) is 11.0 Å². The van der Waals surface area contributed by atoms with E-state index >= 15 is 0 Å². The largest absolute Gasteiger partial charge is 0.488 e. The molecule has 0 unspecified atom stereocenters. The van der Waals surface area contributed by atoms with Gasteiger partial charge < -0.3 is 9.84 Å². The Kier molecular flexibility index (Phi) is 4.65. The summed E-state index contributed by atoms with van der Waals surface area (Å²) in [7, 11) is 0. The normalized spacial score (nSPS) is 11.9. The van der Waals surface area contributed by atoms with Crippen LogP contribution in [0, 0.1) is 10.1 Å². The number of nitro benzene ring substituents is 1. The predicted molar refractivity (Wildman–Crippen MR) is 67.3 cm³/mol. The fourth-order valence-electron chi connectivity index (χ4n) is 1.26. The van der Waals surface area contributed by atoms with E-state index in [1.54, 1.807) is 0 Å². The van der Waals surface area contributed by atoms with E-state index in [9.17, 15) is 15.2 Å². The summed E-state index contributed by atoms with van der Waals surface area (Å²) >= 11 is 3.14. The minimum atomic E-state index is -0.839.